The number of nitrogens with two attached hydrogens (primary N) is 4. The second-order valence-corrected chi connectivity index (χ2v) is 6.74. The molecule has 0 aromatic heterocycles. The molecule has 0 aliphatic rings. The van der Waals surface area contributed by atoms with Crippen LogP contribution in [0.5, 0.6) is 0 Å². The van der Waals surface area contributed by atoms with Gasteiger partial charge in [0.05, 0.1) is 13.0 Å². The first-order valence-corrected chi connectivity index (χ1v) is 9.61. The van der Waals surface area contributed by atoms with E-state index in [4.69, 9.17) is 22.9 Å². The van der Waals surface area contributed by atoms with Crippen LogP contribution in [0.3, 0.4) is 0 Å². The molecule has 0 aromatic carbocycles. The van der Waals surface area contributed by atoms with Crippen LogP contribution in [0.25, 0.3) is 0 Å². The minimum absolute atomic E-state index is 0.0866. The van der Waals surface area contributed by atoms with Crippen molar-refractivity contribution in [2.24, 2.45) is 22.9 Å². The molecule has 14 heteroatoms. The molecule has 31 heavy (non-hydrogen) atoms. The molecule has 0 aromatic rings. The summed E-state index contributed by atoms with van der Waals surface area (Å²) in [6.45, 7) is -0.0868. The van der Waals surface area contributed by atoms with Gasteiger partial charge in [-0.2, -0.15) is 0 Å². The van der Waals surface area contributed by atoms with Crippen molar-refractivity contribution in [2.75, 3.05) is 13.1 Å². The van der Waals surface area contributed by atoms with E-state index < -0.39 is 66.6 Å². The molecule has 3 unspecified atom stereocenters. The molecule has 14 nitrogen and oxygen atoms in total. The van der Waals surface area contributed by atoms with Crippen LogP contribution in [0.15, 0.2) is 0 Å². The fraction of sp³-hybridized carbons (Fsp3) is 0.647. The van der Waals surface area contributed by atoms with Gasteiger partial charge in [0.15, 0.2) is 0 Å². The zero-order chi connectivity index (χ0) is 24.0. The lowest BCUT2D eigenvalue weighted by Gasteiger charge is -2.23. The van der Waals surface area contributed by atoms with Gasteiger partial charge in [-0.05, 0) is 32.2 Å². The summed E-state index contributed by atoms with van der Waals surface area (Å²) in [7, 11) is 0. The van der Waals surface area contributed by atoms with Crippen molar-refractivity contribution in [3.05, 3.63) is 0 Å². The molecule has 5 amide bonds. The fourth-order valence-electron chi connectivity index (χ4n) is 2.51. The third kappa shape index (κ3) is 12.1. The highest BCUT2D eigenvalue weighted by Crippen LogP contribution is 2.04. The second-order valence-electron chi connectivity index (χ2n) is 6.74. The maximum atomic E-state index is 12.6. The van der Waals surface area contributed by atoms with Gasteiger partial charge >= 0.3 is 5.97 Å². The number of carbonyl (C=O) groups excluding carboxylic acids is 5. The van der Waals surface area contributed by atoms with Gasteiger partial charge in [-0.15, -0.1) is 0 Å². The predicted molar refractivity (Wildman–Crippen MR) is 108 cm³/mol. The van der Waals surface area contributed by atoms with E-state index in [1.54, 1.807) is 0 Å². The highest BCUT2D eigenvalue weighted by atomic mass is 16.4. The third-order valence-electron chi connectivity index (χ3n) is 4.12. The number of aliphatic carboxylic acids is 1. The smallest absolute Gasteiger partial charge is 0.326 e. The molecule has 0 bridgehead atoms. The number of carbonyl (C=O) groups is 6. The van der Waals surface area contributed by atoms with E-state index in [-0.39, 0.29) is 19.3 Å². The number of hydrogen-bond donors (Lipinski definition) is 8. The van der Waals surface area contributed by atoms with Crippen LogP contribution in [-0.2, 0) is 28.8 Å². The van der Waals surface area contributed by atoms with E-state index in [1.165, 1.54) is 0 Å². The Morgan fingerprint density at radius 2 is 1.32 bits per heavy atom. The Morgan fingerprint density at radius 1 is 0.742 bits per heavy atom. The molecular weight excluding hydrogens is 414 g/mol. The molecule has 12 N–H and O–H groups in total. The Morgan fingerprint density at radius 3 is 1.81 bits per heavy atom. The van der Waals surface area contributed by atoms with Crippen LogP contribution in [0, 0.1) is 0 Å². The molecule has 0 aliphatic carbocycles. The molecule has 0 rings (SSSR count). The molecule has 0 spiro atoms. The van der Waals surface area contributed by atoms with E-state index in [1.807, 2.05) is 0 Å². The Kier molecular flexibility index (Phi) is 13.1. The summed E-state index contributed by atoms with van der Waals surface area (Å²) in [5.41, 5.74) is 20.7. The first-order valence-electron chi connectivity index (χ1n) is 9.61. The van der Waals surface area contributed by atoms with E-state index in [0.29, 0.717) is 19.4 Å². The fourth-order valence-corrected chi connectivity index (χ4v) is 2.51. The van der Waals surface area contributed by atoms with E-state index in [9.17, 15) is 33.9 Å². The summed E-state index contributed by atoms with van der Waals surface area (Å²) in [5.74, 6) is -5.52. The zero-order valence-corrected chi connectivity index (χ0v) is 17.1. The van der Waals surface area contributed by atoms with Crippen LogP contribution in [-0.4, -0.2) is 71.8 Å². The van der Waals surface area contributed by atoms with Gasteiger partial charge in [-0.1, -0.05) is 0 Å². The van der Waals surface area contributed by atoms with Gasteiger partial charge in [0, 0.05) is 6.42 Å². The summed E-state index contributed by atoms with van der Waals surface area (Å²) < 4.78 is 0. The zero-order valence-electron chi connectivity index (χ0n) is 17.1. The molecule has 0 radical (unpaired) electrons. The lowest BCUT2D eigenvalue weighted by atomic mass is 10.1. The lowest BCUT2D eigenvalue weighted by molar-refractivity contribution is -0.142. The highest BCUT2D eigenvalue weighted by Gasteiger charge is 2.30. The Labute approximate surface area is 178 Å². The van der Waals surface area contributed by atoms with Crippen molar-refractivity contribution in [3.8, 4) is 0 Å². The summed E-state index contributed by atoms with van der Waals surface area (Å²) >= 11 is 0. The van der Waals surface area contributed by atoms with Crippen molar-refractivity contribution in [1.29, 1.82) is 0 Å². The first-order chi connectivity index (χ1) is 14.5. The summed E-state index contributed by atoms with van der Waals surface area (Å²) in [6, 6.07) is -4.05. The molecule has 0 fully saturated rings. The topological polar surface area (TPSA) is 263 Å². The number of unbranched alkanes of at least 4 members (excludes halogenated alkanes) is 1. The third-order valence-corrected chi connectivity index (χ3v) is 4.12. The summed E-state index contributed by atoms with van der Waals surface area (Å²) in [5, 5.41) is 16.0. The molecule has 0 heterocycles. The minimum Gasteiger partial charge on any atom is -0.480 e. The van der Waals surface area contributed by atoms with Gasteiger partial charge in [-0.25, -0.2) is 4.79 Å². The Balaban J connectivity index is 5.35. The number of carboxylic acids is 1. The summed E-state index contributed by atoms with van der Waals surface area (Å²) in [6.07, 6.45) is 0.000287. The number of amides is 5. The maximum Gasteiger partial charge on any atom is 0.326 e. The summed E-state index contributed by atoms with van der Waals surface area (Å²) in [4.78, 5) is 70.4. The van der Waals surface area contributed by atoms with E-state index in [0.717, 1.165) is 0 Å². The SMILES string of the molecule is NCCCCC(NC(=O)C(CC(N)=O)NC(=O)C(CCC(N)=O)NC(=O)CN)C(=O)O. The molecule has 0 aliphatic heterocycles. The van der Waals surface area contributed by atoms with Gasteiger partial charge < -0.3 is 44.0 Å². The average Bonchev–Trinajstić information content (AvgIpc) is 2.68. The van der Waals surface area contributed by atoms with E-state index in [2.05, 4.69) is 16.0 Å². The number of primary amides is 2. The predicted octanol–water partition coefficient (Wildman–Crippen LogP) is -4.25. The monoisotopic (exact) mass is 445 g/mol. The number of nitrogens with one attached hydrogen (secondary N) is 3. The van der Waals surface area contributed by atoms with Gasteiger partial charge in [0.25, 0.3) is 0 Å². The van der Waals surface area contributed by atoms with Crippen molar-refractivity contribution >= 4 is 35.5 Å². The Bertz CT molecular complexity index is 671. The van der Waals surface area contributed by atoms with Crippen LogP contribution in [0.4, 0.5) is 0 Å². The second kappa shape index (κ2) is 14.7. The first kappa shape index (κ1) is 27.7. The van der Waals surface area contributed by atoms with Crippen LogP contribution in [0.1, 0.15) is 38.5 Å². The van der Waals surface area contributed by atoms with E-state index >= 15 is 0 Å². The molecule has 0 saturated carbocycles. The molecule has 0 saturated heterocycles. The van der Waals surface area contributed by atoms with Crippen molar-refractivity contribution in [3.63, 3.8) is 0 Å². The normalized spacial score (nSPS) is 13.4. The van der Waals surface area contributed by atoms with Crippen LogP contribution < -0.4 is 38.9 Å². The molecule has 3 atom stereocenters. The van der Waals surface area contributed by atoms with Gasteiger partial charge in [0.2, 0.25) is 29.5 Å². The van der Waals surface area contributed by atoms with Gasteiger partial charge in [-0.3, -0.25) is 24.0 Å². The molecular formula is C17H31N7O7. The Hall–Kier alpha value is -3.26. The maximum absolute atomic E-state index is 12.6. The van der Waals surface area contributed by atoms with Crippen molar-refractivity contribution < 1.29 is 33.9 Å². The average molecular weight is 445 g/mol. The van der Waals surface area contributed by atoms with Gasteiger partial charge in [0.1, 0.15) is 18.1 Å². The lowest BCUT2D eigenvalue weighted by Crippen LogP contribution is -2.57. The number of carboxylic acid groups (broad SMARTS) is 1. The number of rotatable bonds is 16. The van der Waals surface area contributed by atoms with Crippen LogP contribution >= 0.6 is 0 Å². The molecule has 176 valence electrons. The minimum atomic E-state index is -1.51. The highest BCUT2D eigenvalue weighted by molar-refractivity contribution is 5.96. The van der Waals surface area contributed by atoms with Crippen molar-refractivity contribution in [1.82, 2.24) is 16.0 Å². The quantitative estimate of drug-likeness (QED) is 0.107. The van der Waals surface area contributed by atoms with Crippen molar-refractivity contribution in [2.45, 2.75) is 56.7 Å². The number of hydrogen-bond acceptors (Lipinski definition) is 8. The van der Waals surface area contributed by atoms with Crippen LogP contribution in [0.2, 0.25) is 0 Å². The largest absolute Gasteiger partial charge is 0.480 e. The standard InChI is InChI=1S/C17H31N7O7/c18-6-2-1-3-10(17(30)31)23-16(29)11(7-13(21)26)24-15(28)9(4-5-12(20)25)22-14(27)8-19/h9-11H,1-8,18-19H2,(H2,20,25)(H2,21,26)(H,22,27)(H,23,29)(H,24,28)(H,30,31).